The Kier molecular flexibility index (Phi) is 8.03. The first-order valence-electron chi connectivity index (χ1n) is 9.83. The molecule has 0 bridgehead atoms. The van der Waals surface area contributed by atoms with Crippen molar-refractivity contribution in [3.8, 4) is 11.4 Å². The molecule has 0 unspecified atom stereocenters. The number of rotatable bonds is 8. The van der Waals surface area contributed by atoms with Crippen LogP contribution in [0.25, 0.3) is 11.4 Å². The summed E-state index contributed by atoms with van der Waals surface area (Å²) < 4.78 is 40.1. The highest BCUT2D eigenvalue weighted by Gasteiger charge is 2.39. The number of halogens is 5. The minimum absolute atomic E-state index is 0.189. The number of alkyl halides is 3. The molecule has 13 heteroatoms. The van der Waals surface area contributed by atoms with E-state index in [1.54, 1.807) is 24.3 Å². The van der Waals surface area contributed by atoms with Crippen molar-refractivity contribution in [3.05, 3.63) is 74.6 Å². The third kappa shape index (κ3) is 6.17. The minimum atomic E-state index is -4.97. The van der Waals surface area contributed by atoms with Crippen LogP contribution in [0.3, 0.4) is 0 Å². The molecule has 2 atom stereocenters. The van der Waals surface area contributed by atoms with Crippen molar-refractivity contribution >= 4 is 29.1 Å². The van der Waals surface area contributed by atoms with Crippen LogP contribution < -0.4 is 11.0 Å². The van der Waals surface area contributed by atoms with Gasteiger partial charge in [0.15, 0.2) is 11.9 Å². The number of nitrogens with one attached hydrogen (secondary N) is 1. The van der Waals surface area contributed by atoms with Crippen molar-refractivity contribution in [1.29, 1.82) is 0 Å². The number of nitrogens with zero attached hydrogens (tertiary/aromatic N) is 3. The summed E-state index contributed by atoms with van der Waals surface area (Å²) in [5, 5.41) is 26.4. The Morgan fingerprint density at radius 3 is 2.38 bits per heavy atom. The average molecular weight is 519 g/mol. The fourth-order valence-electron chi connectivity index (χ4n) is 3.13. The Balaban J connectivity index is 1.90. The third-order valence-electron chi connectivity index (χ3n) is 4.82. The second-order valence-electron chi connectivity index (χ2n) is 7.30. The fourth-order valence-corrected chi connectivity index (χ4v) is 3.46. The molecule has 0 spiro atoms. The lowest BCUT2D eigenvalue weighted by atomic mass is 10.1. The molecule has 182 valence electrons. The summed E-state index contributed by atoms with van der Waals surface area (Å²) >= 11 is 11.8. The molecule has 0 fully saturated rings. The Bertz CT molecular complexity index is 1210. The highest BCUT2D eigenvalue weighted by Crippen LogP contribution is 2.24. The standard InChI is InChI=1S/C21H19Cl2F3N4O4/c22-14-6-4-12(5-7-14)19-28-30(20(34)29(19)9-17(32)21(24,25)26)10-18(33)27-16(11-31)13-2-1-3-15(23)8-13/h1-8,16-17,31-32H,9-11H2,(H,27,33)/t16-,17-/m0/s1. The lowest BCUT2D eigenvalue weighted by Crippen LogP contribution is -2.39. The highest BCUT2D eigenvalue weighted by atomic mass is 35.5. The zero-order valence-corrected chi connectivity index (χ0v) is 18.8. The maximum absolute atomic E-state index is 12.9. The molecule has 0 aliphatic carbocycles. The molecule has 0 saturated carbocycles. The number of carbonyl (C=O) groups excluding carboxylic acids is 1. The lowest BCUT2D eigenvalue weighted by molar-refractivity contribution is -0.207. The first-order valence-corrected chi connectivity index (χ1v) is 10.6. The van der Waals surface area contributed by atoms with Crippen molar-refractivity contribution in [1.82, 2.24) is 19.7 Å². The van der Waals surface area contributed by atoms with Gasteiger partial charge in [0.2, 0.25) is 5.91 Å². The maximum Gasteiger partial charge on any atom is 0.416 e. The normalized spacial score (nSPS) is 13.5. The Labute approximate surface area is 201 Å². The summed E-state index contributed by atoms with van der Waals surface area (Å²) in [5.74, 6) is -0.920. The molecule has 1 amide bonds. The van der Waals surface area contributed by atoms with Gasteiger partial charge in [-0.1, -0.05) is 35.3 Å². The predicted molar refractivity (Wildman–Crippen MR) is 118 cm³/mol. The monoisotopic (exact) mass is 518 g/mol. The van der Waals surface area contributed by atoms with Gasteiger partial charge < -0.3 is 15.5 Å². The minimum Gasteiger partial charge on any atom is -0.394 e. The van der Waals surface area contributed by atoms with E-state index in [1.165, 1.54) is 24.3 Å². The number of hydrogen-bond acceptors (Lipinski definition) is 5. The first-order chi connectivity index (χ1) is 16.0. The largest absolute Gasteiger partial charge is 0.416 e. The van der Waals surface area contributed by atoms with Crippen LogP contribution in [-0.4, -0.2) is 49.4 Å². The van der Waals surface area contributed by atoms with Crippen LogP contribution in [0, 0.1) is 0 Å². The van der Waals surface area contributed by atoms with Crippen LogP contribution in [0.5, 0.6) is 0 Å². The smallest absolute Gasteiger partial charge is 0.394 e. The third-order valence-corrected chi connectivity index (χ3v) is 5.31. The first kappa shape index (κ1) is 25.8. The van der Waals surface area contributed by atoms with Gasteiger partial charge in [0.1, 0.15) is 6.54 Å². The van der Waals surface area contributed by atoms with Crippen molar-refractivity contribution in [2.75, 3.05) is 6.61 Å². The summed E-state index contributed by atoms with van der Waals surface area (Å²) in [4.78, 5) is 25.4. The van der Waals surface area contributed by atoms with Crippen molar-refractivity contribution in [2.24, 2.45) is 0 Å². The number of carbonyl (C=O) groups is 1. The maximum atomic E-state index is 12.9. The molecule has 0 radical (unpaired) electrons. The predicted octanol–water partition coefficient (Wildman–Crippen LogP) is 2.79. The molecular weight excluding hydrogens is 500 g/mol. The average Bonchev–Trinajstić information content (AvgIpc) is 3.07. The molecule has 2 aromatic carbocycles. The SMILES string of the molecule is O=C(Cn1nc(-c2ccc(Cl)cc2)n(C[C@H](O)C(F)(F)F)c1=O)N[C@@H](CO)c1cccc(Cl)c1. The van der Waals surface area contributed by atoms with E-state index in [4.69, 9.17) is 23.2 Å². The van der Waals surface area contributed by atoms with Gasteiger partial charge in [-0.15, -0.1) is 5.10 Å². The van der Waals surface area contributed by atoms with Crippen LogP contribution in [0.15, 0.2) is 53.3 Å². The van der Waals surface area contributed by atoms with Crippen LogP contribution in [0.4, 0.5) is 13.2 Å². The van der Waals surface area contributed by atoms with Crippen LogP contribution in [0.1, 0.15) is 11.6 Å². The number of amides is 1. The van der Waals surface area contributed by atoms with Gasteiger partial charge in [-0.05, 0) is 42.0 Å². The summed E-state index contributed by atoms with van der Waals surface area (Å²) in [7, 11) is 0. The second kappa shape index (κ2) is 10.6. The summed E-state index contributed by atoms with van der Waals surface area (Å²) in [5.41, 5.74) is -0.273. The van der Waals surface area contributed by atoms with Gasteiger partial charge in [-0.2, -0.15) is 13.2 Å². The molecule has 34 heavy (non-hydrogen) atoms. The molecule has 8 nitrogen and oxygen atoms in total. The van der Waals surface area contributed by atoms with Gasteiger partial charge in [0, 0.05) is 15.6 Å². The molecule has 0 aliphatic rings. The summed E-state index contributed by atoms with van der Waals surface area (Å²) in [6.45, 7) is -2.24. The molecule has 0 aliphatic heterocycles. The van der Waals surface area contributed by atoms with E-state index in [2.05, 4.69) is 10.4 Å². The molecule has 1 aromatic heterocycles. The number of aromatic nitrogens is 3. The van der Waals surface area contributed by atoms with Gasteiger partial charge >= 0.3 is 11.9 Å². The molecule has 3 aromatic rings. The van der Waals surface area contributed by atoms with E-state index in [0.29, 0.717) is 24.9 Å². The van der Waals surface area contributed by atoms with E-state index in [1.807, 2.05) is 0 Å². The number of hydrogen-bond donors (Lipinski definition) is 3. The van der Waals surface area contributed by atoms with E-state index in [-0.39, 0.29) is 11.4 Å². The zero-order valence-electron chi connectivity index (χ0n) is 17.3. The topological polar surface area (TPSA) is 109 Å². The van der Waals surface area contributed by atoms with Crippen molar-refractivity contribution < 1.29 is 28.2 Å². The molecular formula is C21H19Cl2F3N4O4. The lowest BCUT2D eigenvalue weighted by Gasteiger charge is -2.17. The summed E-state index contributed by atoms with van der Waals surface area (Å²) in [6, 6.07) is 11.4. The van der Waals surface area contributed by atoms with Gasteiger partial charge in [-0.25, -0.2) is 9.48 Å². The van der Waals surface area contributed by atoms with E-state index < -0.39 is 49.6 Å². The van der Waals surface area contributed by atoms with Crippen LogP contribution in [0.2, 0.25) is 10.0 Å². The van der Waals surface area contributed by atoms with E-state index in [0.717, 1.165) is 0 Å². The Morgan fingerprint density at radius 1 is 1.12 bits per heavy atom. The van der Waals surface area contributed by atoms with E-state index >= 15 is 0 Å². The summed E-state index contributed by atoms with van der Waals surface area (Å²) in [6.07, 6.45) is -7.80. The Hall–Kier alpha value is -2.86. The quantitative estimate of drug-likeness (QED) is 0.424. The molecule has 0 saturated heterocycles. The van der Waals surface area contributed by atoms with Crippen molar-refractivity contribution in [3.63, 3.8) is 0 Å². The van der Waals surface area contributed by atoms with Gasteiger partial charge in [0.25, 0.3) is 0 Å². The molecule has 3 N–H and O–H groups in total. The molecule has 3 rings (SSSR count). The molecule has 1 heterocycles. The van der Waals surface area contributed by atoms with Gasteiger partial charge in [0.05, 0.1) is 19.2 Å². The fraction of sp³-hybridized carbons (Fsp3) is 0.286. The van der Waals surface area contributed by atoms with Crippen LogP contribution >= 0.6 is 23.2 Å². The number of aliphatic hydroxyl groups is 2. The number of benzene rings is 2. The second-order valence-corrected chi connectivity index (χ2v) is 8.17. The highest BCUT2D eigenvalue weighted by molar-refractivity contribution is 6.30. The van der Waals surface area contributed by atoms with Crippen molar-refractivity contribution in [2.45, 2.75) is 31.4 Å². The van der Waals surface area contributed by atoms with Gasteiger partial charge in [-0.3, -0.25) is 9.36 Å². The Morgan fingerprint density at radius 2 is 1.79 bits per heavy atom. The number of aliphatic hydroxyl groups excluding tert-OH is 2. The van der Waals surface area contributed by atoms with Crippen LogP contribution in [-0.2, 0) is 17.9 Å². The zero-order chi connectivity index (χ0) is 25.0. The van der Waals surface area contributed by atoms with E-state index in [9.17, 15) is 33.0 Å².